The smallest absolute Gasteiger partial charge is 0.407 e. The van der Waals surface area contributed by atoms with Crippen LogP contribution in [0.2, 0.25) is 0 Å². The summed E-state index contributed by atoms with van der Waals surface area (Å²) < 4.78 is 45.2. The summed E-state index contributed by atoms with van der Waals surface area (Å²) in [7, 11) is 0. The predicted octanol–water partition coefficient (Wildman–Crippen LogP) is 2.83. The number of alkyl halides is 3. The summed E-state index contributed by atoms with van der Waals surface area (Å²) in [5.41, 5.74) is 0.838. The van der Waals surface area contributed by atoms with Crippen LogP contribution in [0.4, 0.5) is 18.0 Å². The van der Waals surface area contributed by atoms with Crippen molar-refractivity contribution in [2.45, 2.75) is 38.7 Å². The fourth-order valence-electron chi connectivity index (χ4n) is 2.71. The molecular weight excluding hydrogens is 337 g/mol. The van der Waals surface area contributed by atoms with E-state index in [4.69, 9.17) is 4.74 Å². The van der Waals surface area contributed by atoms with Crippen molar-refractivity contribution in [3.8, 4) is 0 Å². The second kappa shape index (κ2) is 7.12. The van der Waals surface area contributed by atoms with E-state index < -0.39 is 18.2 Å². The van der Waals surface area contributed by atoms with Crippen molar-refractivity contribution >= 4 is 6.09 Å². The van der Waals surface area contributed by atoms with E-state index in [9.17, 15) is 18.0 Å². The molecule has 1 aromatic heterocycles. The first-order valence-electron chi connectivity index (χ1n) is 7.85. The van der Waals surface area contributed by atoms with Gasteiger partial charge in [0.15, 0.2) is 5.82 Å². The number of halogens is 3. The van der Waals surface area contributed by atoms with Crippen LogP contribution in [0.1, 0.15) is 23.6 Å². The number of nitrogens with zero attached hydrogens (tertiary/aromatic N) is 3. The number of amides is 1. The van der Waals surface area contributed by atoms with E-state index in [0.29, 0.717) is 11.6 Å². The minimum Gasteiger partial charge on any atom is -0.445 e. The summed E-state index contributed by atoms with van der Waals surface area (Å²) in [6.45, 7) is -0.145. The predicted molar refractivity (Wildman–Crippen MR) is 81.4 cm³/mol. The Bertz CT molecular complexity index is 731. The Morgan fingerprint density at radius 1 is 1.28 bits per heavy atom. The van der Waals surface area contributed by atoms with Gasteiger partial charge < -0.3 is 14.6 Å². The number of hydrogen-bond donors (Lipinski definition) is 1. The van der Waals surface area contributed by atoms with Gasteiger partial charge in [-0.25, -0.2) is 4.79 Å². The molecule has 0 spiro atoms. The molecule has 3 rings (SSSR count). The molecule has 0 bridgehead atoms. The fourth-order valence-corrected chi connectivity index (χ4v) is 2.71. The number of ether oxygens (including phenoxy) is 1. The number of alkyl carbamates (subject to hydrolysis) is 1. The van der Waals surface area contributed by atoms with Gasteiger partial charge in [0, 0.05) is 13.0 Å². The maximum atomic E-state index is 12.9. The van der Waals surface area contributed by atoms with Crippen molar-refractivity contribution in [2.24, 2.45) is 5.92 Å². The van der Waals surface area contributed by atoms with Crippen LogP contribution in [-0.2, 0) is 30.9 Å². The van der Waals surface area contributed by atoms with E-state index in [-0.39, 0.29) is 32.5 Å². The lowest BCUT2D eigenvalue weighted by Gasteiger charge is -2.26. The van der Waals surface area contributed by atoms with E-state index in [1.165, 1.54) is 4.57 Å². The Hall–Kier alpha value is -2.58. The summed E-state index contributed by atoms with van der Waals surface area (Å²) in [5, 5.41) is 10.3. The van der Waals surface area contributed by atoms with E-state index in [0.717, 1.165) is 5.56 Å². The maximum absolute atomic E-state index is 12.9. The van der Waals surface area contributed by atoms with Gasteiger partial charge >= 0.3 is 12.3 Å². The minimum atomic E-state index is -4.25. The molecule has 9 heteroatoms. The first-order valence-corrected chi connectivity index (χ1v) is 7.85. The number of aromatic nitrogens is 3. The molecule has 1 atom stereocenters. The molecule has 1 N–H and O–H groups in total. The molecule has 0 aliphatic carbocycles. The molecule has 0 fully saturated rings. The van der Waals surface area contributed by atoms with Crippen molar-refractivity contribution in [3.05, 3.63) is 47.5 Å². The van der Waals surface area contributed by atoms with Crippen LogP contribution < -0.4 is 5.32 Å². The van der Waals surface area contributed by atoms with Crippen LogP contribution in [0.15, 0.2) is 30.3 Å². The standard InChI is InChI=1S/C16H17F3N4O2/c17-16(18,19)12-6-7-13-21-22-14(23(13)9-12)8-20-15(24)25-10-11-4-2-1-3-5-11/h1-5,12H,6-10H2,(H,20,24). The highest BCUT2D eigenvalue weighted by atomic mass is 19.4. The zero-order chi connectivity index (χ0) is 17.9. The molecule has 0 saturated carbocycles. The number of fused-ring (bicyclic) bond motifs is 1. The van der Waals surface area contributed by atoms with Crippen molar-refractivity contribution in [1.29, 1.82) is 0 Å². The number of aryl methyl sites for hydroxylation is 1. The Morgan fingerprint density at radius 3 is 2.76 bits per heavy atom. The van der Waals surface area contributed by atoms with Gasteiger partial charge in [-0.2, -0.15) is 13.2 Å². The third kappa shape index (κ3) is 4.28. The van der Waals surface area contributed by atoms with Gasteiger partial charge in [0.05, 0.1) is 12.5 Å². The normalized spacial score (nSPS) is 17.0. The third-order valence-corrected chi connectivity index (χ3v) is 4.09. The Labute approximate surface area is 142 Å². The Kier molecular flexibility index (Phi) is 4.91. The summed E-state index contributed by atoms with van der Waals surface area (Å²) in [4.78, 5) is 11.7. The number of carbonyl (C=O) groups excluding carboxylic acids is 1. The molecule has 1 aliphatic heterocycles. The second-order valence-corrected chi connectivity index (χ2v) is 5.84. The highest BCUT2D eigenvalue weighted by Crippen LogP contribution is 2.34. The monoisotopic (exact) mass is 354 g/mol. The molecule has 134 valence electrons. The molecule has 2 heterocycles. The fraction of sp³-hybridized carbons (Fsp3) is 0.438. The van der Waals surface area contributed by atoms with Crippen LogP contribution >= 0.6 is 0 Å². The highest BCUT2D eigenvalue weighted by molar-refractivity contribution is 5.67. The minimum absolute atomic E-state index is 0.00811. The van der Waals surface area contributed by atoms with E-state index in [1.54, 1.807) is 0 Å². The van der Waals surface area contributed by atoms with Gasteiger partial charge in [-0.1, -0.05) is 30.3 Å². The van der Waals surface area contributed by atoms with E-state index in [1.807, 2.05) is 30.3 Å². The van der Waals surface area contributed by atoms with Gasteiger partial charge in [0.2, 0.25) is 0 Å². The maximum Gasteiger partial charge on any atom is 0.407 e. The first-order chi connectivity index (χ1) is 11.9. The third-order valence-electron chi connectivity index (χ3n) is 4.09. The van der Waals surface area contributed by atoms with Gasteiger partial charge in [-0.3, -0.25) is 0 Å². The molecule has 1 aliphatic rings. The van der Waals surface area contributed by atoms with Crippen molar-refractivity contribution in [2.75, 3.05) is 0 Å². The molecular formula is C16H17F3N4O2. The average Bonchev–Trinajstić information content (AvgIpc) is 3.00. The van der Waals surface area contributed by atoms with E-state index in [2.05, 4.69) is 15.5 Å². The van der Waals surface area contributed by atoms with Crippen LogP contribution in [0.25, 0.3) is 0 Å². The lowest BCUT2D eigenvalue weighted by atomic mass is 9.99. The first kappa shape index (κ1) is 17.2. The number of benzene rings is 1. The number of hydrogen-bond acceptors (Lipinski definition) is 4. The molecule has 1 unspecified atom stereocenters. The Morgan fingerprint density at radius 2 is 2.04 bits per heavy atom. The summed E-state index contributed by atoms with van der Waals surface area (Å²) in [6, 6.07) is 9.15. The summed E-state index contributed by atoms with van der Waals surface area (Å²) in [6.07, 6.45) is -4.69. The quantitative estimate of drug-likeness (QED) is 0.917. The number of carbonyl (C=O) groups is 1. The van der Waals surface area contributed by atoms with Crippen LogP contribution in [-0.4, -0.2) is 27.0 Å². The lowest BCUT2D eigenvalue weighted by molar-refractivity contribution is -0.182. The molecule has 1 amide bonds. The van der Waals surface area contributed by atoms with Crippen molar-refractivity contribution in [3.63, 3.8) is 0 Å². The molecule has 0 saturated heterocycles. The molecule has 0 radical (unpaired) electrons. The van der Waals surface area contributed by atoms with Crippen LogP contribution in [0.3, 0.4) is 0 Å². The zero-order valence-corrected chi connectivity index (χ0v) is 13.3. The second-order valence-electron chi connectivity index (χ2n) is 5.84. The molecule has 2 aromatic rings. The SMILES string of the molecule is O=C(NCc1nnc2n1CC(C(F)(F)F)CC2)OCc1ccccc1. The van der Waals surface area contributed by atoms with E-state index >= 15 is 0 Å². The number of rotatable bonds is 4. The van der Waals surface area contributed by atoms with Crippen LogP contribution in [0, 0.1) is 5.92 Å². The molecule has 1 aromatic carbocycles. The van der Waals surface area contributed by atoms with Gasteiger partial charge in [0.1, 0.15) is 12.4 Å². The average molecular weight is 354 g/mol. The van der Waals surface area contributed by atoms with Gasteiger partial charge in [-0.15, -0.1) is 10.2 Å². The largest absolute Gasteiger partial charge is 0.445 e. The molecule has 6 nitrogen and oxygen atoms in total. The van der Waals surface area contributed by atoms with Gasteiger partial charge in [-0.05, 0) is 12.0 Å². The molecule has 25 heavy (non-hydrogen) atoms. The van der Waals surface area contributed by atoms with Crippen LogP contribution in [0.5, 0.6) is 0 Å². The zero-order valence-electron chi connectivity index (χ0n) is 13.3. The van der Waals surface area contributed by atoms with Gasteiger partial charge in [0.25, 0.3) is 0 Å². The summed E-state index contributed by atoms with van der Waals surface area (Å²) in [5.74, 6) is -0.615. The van der Waals surface area contributed by atoms with Crippen molar-refractivity contribution in [1.82, 2.24) is 20.1 Å². The Balaban J connectivity index is 1.54. The summed E-state index contributed by atoms with van der Waals surface area (Å²) >= 11 is 0. The topological polar surface area (TPSA) is 69.0 Å². The lowest BCUT2D eigenvalue weighted by Crippen LogP contribution is -2.34. The van der Waals surface area contributed by atoms with Crippen molar-refractivity contribution < 1.29 is 22.7 Å². The highest BCUT2D eigenvalue weighted by Gasteiger charge is 2.42. The number of nitrogens with one attached hydrogen (secondary N) is 1.